The van der Waals surface area contributed by atoms with Crippen molar-refractivity contribution in [1.82, 2.24) is 14.9 Å². The molecule has 0 N–H and O–H groups in total. The van der Waals surface area contributed by atoms with Crippen molar-refractivity contribution in [2.24, 2.45) is 0 Å². The fourth-order valence-corrected chi connectivity index (χ4v) is 2.91. The second kappa shape index (κ2) is 5.86. The normalized spacial score (nSPS) is 17.4. The SMILES string of the molecule is CC(C)c1nc(Cl)cc(N(C)CC2(N(C)C)CCC2)n1. The Hall–Kier alpha value is -0.870. The van der Waals surface area contributed by atoms with Gasteiger partial charge in [-0.2, -0.15) is 0 Å². The Morgan fingerprint density at radius 1 is 1.25 bits per heavy atom. The molecule has 1 aliphatic rings. The van der Waals surface area contributed by atoms with Gasteiger partial charge in [-0.05, 0) is 33.4 Å². The van der Waals surface area contributed by atoms with Gasteiger partial charge < -0.3 is 9.80 Å². The zero-order valence-electron chi connectivity index (χ0n) is 13.1. The average molecular weight is 297 g/mol. The highest BCUT2D eigenvalue weighted by Gasteiger charge is 2.40. The number of nitrogens with zero attached hydrogens (tertiary/aromatic N) is 4. The van der Waals surface area contributed by atoms with Crippen LogP contribution in [0.25, 0.3) is 0 Å². The Kier molecular flexibility index (Phi) is 4.55. The molecule has 4 nitrogen and oxygen atoms in total. The zero-order chi connectivity index (χ0) is 14.9. The van der Waals surface area contributed by atoms with Crippen molar-refractivity contribution in [3.8, 4) is 0 Å². The van der Waals surface area contributed by atoms with Crippen LogP contribution in [0.4, 0.5) is 5.82 Å². The Labute approximate surface area is 127 Å². The maximum absolute atomic E-state index is 6.13. The van der Waals surface area contributed by atoms with Gasteiger partial charge in [0, 0.05) is 31.1 Å². The zero-order valence-corrected chi connectivity index (χ0v) is 13.9. The van der Waals surface area contributed by atoms with E-state index in [1.807, 2.05) is 6.07 Å². The first kappa shape index (κ1) is 15.5. The van der Waals surface area contributed by atoms with E-state index in [0.717, 1.165) is 18.2 Å². The van der Waals surface area contributed by atoms with Crippen molar-refractivity contribution in [2.45, 2.75) is 44.6 Å². The topological polar surface area (TPSA) is 32.3 Å². The van der Waals surface area contributed by atoms with E-state index in [9.17, 15) is 0 Å². The molecule has 2 rings (SSSR count). The molecule has 0 atom stereocenters. The Morgan fingerprint density at radius 3 is 2.35 bits per heavy atom. The maximum atomic E-state index is 6.13. The number of hydrogen-bond acceptors (Lipinski definition) is 4. The smallest absolute Gasteiger partial charge is 0.135 e. The van der Waals surface area contributed by atoms with Gasteiger partial charge >= 0.3 is 0 Å². The molecule has 0 saturated heterocycles. The first-order valence-electron chi connectivity index (χ1n) is 7.27. The number of rotatable bonds is 5. The van der Waals surface area contributed by atoms with Gasteiger partial charge in [-0.1, -0.05) is 25.4 Å². The molecule has 0 amide bonds. The van der Waals surface area contributed by atoms with E-state index >= 15 is 0 Å². The quantitative estimate of drug-likeness (QED) is 0.781. The van der Waals surface area contributed by atoms with Crippen LogP contribution < -0.4 is 4.90 Å². The lowest BCUT2D eigenvalue weighted by atomic mass is 9.75. The summed E-state index contributed by atoms with van der Waals surface area (Å²) in [5, 5.41) is 0.526. The minimum absolute atomic E-state index is 0.282. The van der Waals surface area contributed by atoms with E-state index < -0.39 is 0 Å². The summed E-state index contributed by atoms with van der Waals surface area (Å²) in [5.41, 5.74) is 0.282. The van der Waals surface area contributed by atoms with Crippen molar-refractivity contribution >= 4 is 17.4 Å². The fraction of sp³-hybridized carbons (Fsp3) is 0.733. The van der Waals surface area contributed by atoms with Crippen molar-refractivity contribution in [1.29, 1.82) is 0 Å². The summed E-state index contributed by atoms with van der Waals surface area (Å²) in [6, 6.07) is 1.86. The van der Waals surface area contributed by atoms with Crippen molar-refractivity contribution in [2.75, 3.05) is 32.6 Å². The molecule has 0 bridgehead atoms. The number of anilines is 1. The molecule has 0 unspecified atom stereocenters. The molecule has 5 heteroatoms. The Bertz CT molecular complexity index is 469. The molecule has 1 saturated carbocycles. The number of aromatic nitrogens is 2. The van der Waals surface area contributed by atoms with E-state index in [1.54, 1.807) is 0 Å². The molecule has 1 aromatic heterocycles. The largest absolute Gasteiger partial charge is 0.358 e. The van der Waals surface area contributed by atoms with E-state index in [-0.39, 0.29) is 11.5 Å². The van der Waals surface area contributed by atoms with Crippen LogP contribution in [-0.2, 0) is 0 Å². The minimum Gasteiger partial charge on any atom is -0.358 e. The first-order chi connectivity index (χ1) is 9.34. The van der Waals surface area contributed by atoms with Gasteiger partial charge in [0.2, 0.25) is 0 Å². The molecule has 1 fully saturated rings. The summed E-state index contributed by atoms with van der Waals surface area (Å²) >= 11 is 6.13. The molecular weight excluding hydrogens is 272 g/mol. The minimum atomic E-state index is 0.282. The summed E-state index contributed by atoms with van der Waals surface area (Å²) in [4.78, 5) is 13.5. The van der Waals surface area contributed by atoms with E-state index in [4.69, 9.17) is 11.6 Å². The van der Waals surface area contributed by atoms with Gasteiger partial charge in [-0.3, -0.25) is 0 Å². The standard InChI is InChI=1S/C15H25ClN4/c1-11(2)14-17-12(16)9-13(18-14)20(5)10-15(19(3)4)7-6-8-15/h9,11H,6-8,10H2,1-5H3. The van der Waals surface area contributed by atoms with Crippen LogP contribution in [0.15, 0.2) is 6.07 Å². The van der Waals surface area contributed by atoms with Gasteiger partial charge in [0.25, 0.3) is 0 Å². The van der Waals surface area contributed by atoms with E-state index in [0.29, 0.717) is 5.15 Å². The van der Waals surface area contributed by atoms with Crippen LogP contribution in [0, 0.1) is 0 Å². The molecular formula is C15H25ClN4. The monoisotopic (exact) mass is 296 g/mol. The predicted molar refractivity (Wildman–Crippen MR) is 84.7 cm³/mol. The van der Waals surface area contributed by atoms with Crippen LogP contribution in [0.1, 0.15) is 44.9 Å². The predicted octanol–water partition coefficient (Wildman–Crippen LogP) is 3.17. The summed E-state index contributed by atoms with van der Waals surface area (Å²) < 4.78 is 0. The lowest BCUT2D eigenvalue weighted by Crippen LogP contribution is -2.56. The second-order valence-electron chi connectivity index (χ2n) is 6.39. The molecule has 112 valence electrons. The van der Waals surface area contributed by atoms with Crippen LogP contribution in [0.2, 0.25) is 5.15 Å². The molecule has 20 heavy (non-hydrogen) atoms. The number of hydrogen-bond donors (Lipinski definition) is 0. The molecule has 0 spiro atoms. The van der Waals surface area contributed by atoms with E-state index in [2.05, 4.69) is 54.8 Å². The first-order valence-corrected chi connectivity index (χ1v) is 7.65. The summed E-state index contributed by atoms with van der Waals surface area (Å²) in [7, 11) is 6.42. The van der Waals surface area contributed by atoms with Crippen molar-refractivity contribution in [3.05, 3.63) is 17.0 Å². The fourth-order valence-electron chi connectivity index (χ4n) is 2.73. The molecule has 1 aromatic rings. The summed E-state index contributed by atoms with van der Waals surface area (Å²) in [6.07, 6.45) is 3.81. The highest BCUT2D eigenvalue weighted by Crippen LogP contribution is 2.37. The number of halogens is 1. The van der Waals surface area contributed by atoms with Crippen LogP contribution in [0.3, 0.4) is 0 Å². The number of likely N-dealkylation sites (N-methyl/N-ethyl adjacent to an activating group) is 2. The van der Waals surface area contributed by atoms with Gasteiger partial charge in [-0.25, -0.2) is 9.97 Å². The third-order valence-corrected chi connectivity index (χ3v) is 4.56. The molecule has 1 heterocycles. The van der Waals surface area contributed by atoms with Gasteiger partial charge in [0.1, 0.15) is 16.8 Å². The Morgan fingerprint density at radius 2 is 1.90 bits per heavy atom. The molecule has 1 aliphatic carbocycles. The highest BCUT2D eigenvalue weighted by molar-refractivity contribution is 6.29. The van der Waals surface area contributed by atoms with Crippen LogP contribution in [-0.4, -0.2) is 48.1 Å². The van der Waals surface area contributed by atoms with Crippen LogP contribution in [0.5, 0.6) is 0 Å². The third kappa shape index (κ3) is 3.07. The van der Waals surface area contributed by atoms with Crippen molar-refractivity contribution < 1.29 is 0 Å². The third-order valence-electron chi connectivity index (χ3n) is 4.37. The summed E-state index contributed by atoms with van der Waals surface area (Å²) in [5.74, 6) is 2.01. The van der Waals surface area contributed by atoms with Crippen molar-refractivity contribution in [3.63, 3.8) is 0 Å². The van der Waals surface area contributed by atoms with E-state index in [1.165, 1.54) is 19.3 Å². The van der Waals surface area contributed by atoms with Gasteiger partial charge in [0.15, 0.2) is 0 Å². The molecule has 0 aromatic carbocycles. The van der Waals surface area contributed by atoms with Gasteiger partial charge in [-0.15, -0.1) is 0 Å². The van der Waals surface area contributed by atoms with Crippen LogP contribution >= 0.6 is 11.6 Å². The highest BCUT2D eigenvalue weighted by atomic mass is 35.5. The average Bonchev–Trinajstić information content (AvgIpc) is 2.32. The molecule has 0 aliphatic heterocycles. The maximum Gasteiger partial charge on any atom is 0.135 e. The summed E-state index contributed by atoms with van der Waals surface area (Å²) in [6.45, 7) is 5.15. The second-order valence-corrected chi connectivity index (χ2v) is 6.78. The lowest BCUT2D eigenvalue weighted by Gasteiger charge is -2.49. The molecule has 0 radical (unpaired) electrons. The van der Waals surface area contributed by atoms with Gasteiger partial charge in [0.05, 0.1) is 0 Å². The Balaban J connectivity index is 2.18. The lowest BCUT2D eigenvalue weighted by molar-refractivity contribution is 0.0681.